The Labute approximate surface area is 98.0 Å². The summed E-state index contributed by atoms with van der Waals surface area (Å²) in [5.41, 5.74) is -0.0940. The smallest absolute Gasteiger partial charge is 0.305 e. The third kappa shape index (κ3) is 3.65. The molecule has 0 aromatic carbocycles. The average Bonchev–Trinajstić information content (AvgIpc) is 2.29. The Kier molecular flexibility index (Phi) is 4.97. The molecule has 0 saturated carbocycles. The van der Waals surface area contributed by atoms with Crippen molar-refractivity contribution in [3.63, 3.8) is 0 Å². The molecule has 7 heteroatoms. The molecule has 1 unspecified atom stereocenters. The number of nitro groups is 1. The number of anilines is 1. The molecule has 1 aromatic rings. The molecule has 0 aliphatic carbocycles. The summed E-state index contributed by atoms with van der Waals surface area (Å²) in [5.74, 6) is 1.39. The molecule has 88 valence electrons. The molecule has 0 fully saturated rings. The normalized spacial score (nSPS) is 12.1. The zero-order valence-electron chi connectivity index (χ0n) is 9.21. The molecule has 0 aliphatic heterocycles. The maximum atomic E-state index is 10.4. The highest BCUT2D eigenvalue weighted by Crippen LogP contribution is 2.11. The van der Waals surface area contributed by atoms with Crippen LogP contribution >= 0.6 is 11.8 Å². The number of nitrogens with one attached hydrogen (secondary N) is 1. The fourth-order valence-electron chi connectivity index (χ4n) is 1.14. The maximum Gasteiger partial charge on any atom is 0.305 e. The highest BCUT2D eigenvalue weighted by Gasteiger charge is 2.09. The van der Waals surface area contributed by atoms with Crippen LogP contribution in [-0.2, 0) is 0 Å². The van der Waals surface area contributed by atoms with Gasteiger partial charge in [-0.1, -0.05) is 6.92 Å². The summed E-state index contributed by atoms with van der Waals surface area (Å²) in [7, 11) is 0. The van der Waals surface area contributed by atoms with Gasteiger partial charge in [-0.05, 0) is 12.7 Å². The summed E-state index contributed by atoms with van der Waals surface area (Å²) in [4.78, 5) is 17.7. The molecule has 6 nitrogen and oxygen atoms in total. The number of thioether (sulfide) groups is 1. The molecular weight excluding hydrogens is 228 g/mol. The molecular formula is C9H14N4O2S. The van der Waals surface area contributed by atoms with E-state index in [4.69, 9.17) is 0 Å². The van der Waals surface area contributed by atoms with Gasteiger partial charge >= 0.3 is 5.69 Å². The summed E-state index contributed by atoms with van der Waals surface area (Å²) in [6.07, 6.45) is 5.41. The molecule has 0 spiro atoms. The Bertz CT molecular complexity index is 344. The van der Waals surface area contributed by atoms with Gasteiger partial charge in [0.1, 0.15) is 12.4 Å². The minimum atomic E-state index is -0.511. The number of hydrogen-bond donors (Lipinski definition) is 1. The number of nitrogens with zero attached hydrogens (tertiary/aromatic N) is 3. The van der Waals surface area contributed by atoms with Crippen LogP contribution in [0.3, 0.4) is 0 Å². The molecule has 0 saturated heterocycles. The lowest BCUT2D eigenvalue weighted by Gasteiger charge is -2.14. The molecule has 1 rings (SSSR count). The van der Waals surface area contributed by atoms with Gasteiger partial charge in [-0.3, -0.25) is 10.1 Å². The van der Waals surface area contributed by atoms with Crippen LogP contribution in [-0.4, -0.2) is 32.9 Å². The van der Waals surface area contributed by atoms with Crippen LogP contribution in [0.15, 0.2) is 12.4 Å². The summed E-state index contributed by atoms with van der Waals surface area (Å²) in [6, 6.07) is 0.288. The standard InChI is InChI=1S/C9H14N4O2S/c1-3-7(6-16-2)12-9-10-4-8(5-11-9)13(14)15/h4-5,7H,3,6H2,1-2H3,(H,10,11,12). The summed E-state index contributed by atoms with van der Waals surface area (Å²) in [5, 5.41) is 13.5. The van der Waals surface area contributed by atoms with Crippen molar-refractivity contribution in [1.82, 2.24) is 9.97 Å². The van der Waals surface area contributed by atoms with Crippen LogP contribution in [0.1, 0.15) is 13.3 Å². The van der Waals surface area contributed by atoms with E-state index in [1.165, 1.54) is 12.4 Å². The zero-order valence-corrected chi connectivity index (χ0v) is 10.0. The van der Waals surface area contributed by atoms with E-state index in [9.17, 15) is 10.1 Å². The molecule has 16 heavy (non-hydrogen) atoms. The van der Waals surface area contributed by atoms with Crippen LogP contribution in [0.4, 0.5) is 11.6 Å². The predicted octanol–water partition coefficient (Wildman–Crippen LogP) is 1.94. The Morgan fingerprint density at radius 3 is 2.62 bits per heavy atom. The van der Waals surface area contributed by atoms with E-state index >= 15 is 0 Å². The van der Waals surface area contributed by atoms with E-state index in [1.54, 1.807) is 11.8 Å². The van der Waals surface area contributed by atoms with Gasteiger partial charge in [0, 0.05) is 11.8 Å². The Balaban J connectivity index is 2.63. The predicted molar refractivity (Wildman–Crippen MR) is 64.8 cm³/mol. The van der Waals surface area contributed by atoms with Crippen LogP contribution in [0.5, 0.6) is 0 Å². The lowest BCUT2D eigenvalue weighted by molar-refractivity contribution is -0.385. The van der Waals surface area contributed by atoms with Crippen LogP contribution in [0, 0.1) is 10.1 Å². The first-order valence-corrected chi connectivity index (χ1v) is 6.28. The lowest BCUT2D eigenvalue weighted by Crippen LogP contribution is -2.22. The van der Waals surface area contributed by atoms with Crippen molar-refractivity contribution in [3.8, 4) is 0 Å². The molecule has 1 heterocycles. The van der Waals surface area contributed by atoms with Gasteiger partial charge < -0.3 is 5.32 Å². The van der Waals surface area contributed by atoms with Crippen molar-refractivity contribution in [2.45, 2.75) is 19.4 Å². The van der Waals surface area contributed by atoms with E-state index in [2.05, 4.69) is 22.2 Å². The van der Waals surface area contributed by atoms with Crippen molar-refractivity contribution in [2.75, 3.05) is 17.3 Å². The van der Waals surface area contributed by atoms with Gasteiger partial charge in [-0.25, -0.2) is 9.97 Å². The third-order valence-electron chi connectivity index (χ3n) is 2.04. The number of rotatable bonds is 6. The van der Waals surface area contributed by atoms with Gasteiger partial charge in [-0.15, -0.1) is 0 Å². The van der Waals surface area contributed by atoms with Gasteiger partial charge in [-0.2, -0.15) is 11.8 Å². The van der Waals surface area contributed by atoms with Crippen LogP contribution in [0.2, 0.25) is 0 Å². The fourth-order valence-corrected chi connectivity index (χ4v) is 1.86. The molecule has 1 atom stereocenters. The van der Waals surface area contributed by atoms with E-state index in [1.807, 2.05) is 6.26 Å². The average molecular weight is 242 g/mol. The quantitative estimate of drug-likeness (QED) is 0.606. The molecule has 1 aromatic heterocycles. The first-order chi connectivity index (χ1) is 7.67. The summed E-state index contributed by atoms with van der Waals surface area (Å²) < 4.78 is 0. The second-order valence-corrected chi connectivity index (χ2v) is 4.14. The topological polar surface area (TPSA) is 81.0 Å². The first-order valence-electron chi connectivity index (χ1n) is 4.89. The van der Waals surface area contributed by atoms with Crippen molar-refractivity contribution in [1.29, 1.82) is 0 Å². The van der Waals surface area contributed by atoms with Crippen molar-refractivity contribution in [3.05, 3.63) is 22.5 Å². The molecule has 0 radical (unpaired) electrons. The molecule has 0 aliphatic rings. The minimum absolute atomic E-state index is 0.0940. The van der Waals surface area contributed by atoms with Gasteiger partial charge in [0.15, 0.2) is 0 Å². The maximum absolute atomic E-state index is 10.4. The third-order valence-corrected chi connectivity index (χ3v) is 2.78. The number of hydrogen-bond acceptors (Lipinski definition) is 6. The molecule has 0 bridgehead atoms. The van der Waals surface area contributed by atoms with Gasteiger partial charge in [0.25, 0.3) is 0 Å². The zero-order chi connectivity index (χ0) is 12.0. The minimum Gasteiger partial charge on any atom is -0.351 e. The van der Waals surface area contributed by atoms with Crippen molar-refractivity contribution < 1.29 is 4.92 Å². The van der Waals surface area contributed by atoms with Crippen molar-refractivity contribution >= 4 is 23.4 Å². The van der Waals surface area contributed by atoms with Crippen LogP contribution < -0.4 is 5.32 Å². The summed E-state index contributed by atoms with van der Waals surface area (Å²) >= 11 is 1.74. The van der Waals surface area contributed by atoms with E-state index in [0.29, 0.717) is 5.95 Å². The summed E-state index contributed by atoms with van der Waals surface area (Å²) in [6.45, 7) is 2.07. The van der Waals surface area contributed by atoms with E-state index in [0.717, 1.165) is 12.2 Å². The molecule has 1 N–H and O–H groups in total. The highest BCUT2D eigenvalue weighted by atomic mass is 32.2. The van der Waals surface area contributed by atoms with Gasteiger partial charge in [0.2, 0.25) is 5.95 Å². The van der Waals surface area contributed by atoms with Gasteiger partial charge in [0.05, 0.1) is 4.92 Å². The van der Waals surface area contributed by atoms with Crippen molar-refractivity contribution in [2.24, 2.45) is 0 Å². The Morgan fingerprint density at radius 1 is 1.56 bits per heavy atom. The number of aromatic nitrogens is 2. The second kappa shape index (κ2) is 6.26. The fraction of sp³-hybridized carbons (Fsp3) is 0.556. The Hall–Kier alpha value is -1.37. The SMILES string of the molecule is CCC(CSC)Nc1ncc([N+](=O)[O-])cn1. The largest absolute Gasteiger partial charge is 0.351 e. The molecule has 0 amide bonds. The highest BCUT2D eigenvalue weighted by molar-refractivity contribution is 7.98. The monoisotopic (exact) mass is 242 g/mol. The van der Waals surface area contributed by atoms with E-state index in [-0.39, 0.29) is 11.7 Å². The van der Waals surface area contributed by atoms with E-state index < -0.39 is 4.92 Å². The van der Waals surface area contributed by atoms with Crippen LogP contribution in [0.25, 0.3) is 0 Å². The first kappa shape index (κ1) is 12.7. The lowest BCUT2D eigenvalue weighted by atomic mass is 10.3. The Morgan fingerprint density at radius 2 is 2.19 bits per heavy atom. The second-order valence-electron chi connectivity index (χ2n) is 3.23.